The van der Waals surface area contributed by atoms with Gasteiger partial charge in [0.25, 0.3) is 0 Å². The van der Waals surface area contributed by atoms with E-state index in [0.29, 0.717) is 11.8 Å². The van der Waals surface area contributed by atoms with E-state index in [4.69, 9.17) is 0 Å². The van der Waals surface area contributed by atoms with Gasteiger partial charge < -0.3 is 4.90 Å². The van der Waals surface area contributed by atoms with Crippen molar-refractivity contribution in [3.63, 3.8) is 0 Å². The monoisotopic (exact) mass is 246 g/mol. The summed E-state index contributed by atoms with van der Waals surface area (Å²) in [7, 11) is 0. The maximum absolute atomic E-state index is 12.0. The molecule has 1 unspecified atom stereocenters. The number of piperidine rings is 1. The van der Waals surface area contributed by atoms with Gasteiger partial charge in [0, 0.05) is 31.4 Å². The molecule has 0 radical (unpaired) electrons. The minimum Gasteiger partial charge on any atom is -0.342 e. The maximum atomic E-state index is 12.0. The third kappa shape index (κ3) is 3.31. The van der Waals surface area contributed by atoms with E-state index in [1.165, 1.54) is 12.0 Å². The molecule has 3 heteroatoms. The first kappa shape index (κ1) is 13.1. The number of nitrogens with zero attached hydrogens (tertiary/aromatic N) is 2. The third-order valence-corrected chi connectivity index (χ3v) is 3.57. The van der Waals surface area contributed by atoms with Gasteiger partial charge in [0.1, 0.15) is 0 Å². The number of hydrogen-bond acceptors (Lipinski definition) is 2. The maximum Gasteiger partial charge on any atom is 0.225 e. The van der Waals surface area contributed by atoms with Crippen LogP contribution in [0, 0.1) is 11.8 Å². The molecule has 0 aliphatic carbocycles. The zero-order valence-corrected chi connectivity index (χ0v) is 11.3. The van der Waals surface area contributed by atoms with Gasteiger partial charge in [-0.15, -0.1) is 0 Å². The molecule has 1 atom stereocenters. The van der Waals surface area contributed by atoms with Crippen LogP contribution in [0.25, 0.3) is 0 Å². The summed E-state index contributed by atoms with van der Waals surface area (Å²) in [5, 5.41) is 0. The summed E-state index contributed by atoms with van der Waals surface area (Å²) in [4.78, 5) is 18.2. The van der Waals surface area contributed by atoms with Crippen molar-refractivity contribution in [2.75, 3.05) is 13.1 Å². The van der Waals surface area contributed by atoms with E-state index in [-0.39, 0.29) is 5.92 Å². The summed E-state index contributed by atoms with van der Waals surface area (Å²) in [6.07, 6.45) is 7.12. The van der Waals surface area contributed by atoms with Crippen LogP contribution < -0.4 is 0 Å². The molecule has 2 heterocycles. The largest absolute Gasteiger partial charge is 0.342 e. The van der Waals surface area contributed by atoms with Gasteiger partial charge in [-0.3, -0.25) is 9.78 Å². The predicted octanol–water partition coefficient (Wildman–Crippen LogP) is 2.52. The van der Waals surface area contributed by atoms with Crippen molar-refractivity contribution in [1.82, 2.24) is 9.88 Å². The van der Waals surface area contributed by atoms with Gasteiger partial charge >= 0.3 is 0 Å². The van der Waals surface area contributed by atoms with Crippen molar-refractivity contribution in [2.45, 2.75) is 33.1 Å². The van der Waals surface area contributed by atoms with Gasteiger partial charge in [-0.05, 0) is 36.8 Å². The molecule has 1 aliphatic rings. The van der Waals surface area contributed by atoms with E-state index in [0.717, 1.165) is 25.9 Å². The molecule has 0 spiro atoms. The SMILES string of the molecule is CC(C)C(=O)N1CCCC(Cc2cccnc2)C1. The summed E-state index contributed by atoms with van der Waals surface area (Å²) in [5.41, 5.74) is 1.28. The third-order valence-electron chi connectivity index (χ3n) is 3.57. The molecule has 2 rings (SSSR count). The fourth-order valence-electron chi connectivity index (χ4n) is 2.65. The summed E-state index contributed by atoms with van der Waals surface area (Å²) in [5.74, 6) is 0.999. The normalized spacial score (nSPS) is 20.2. The van der Waals surface area contributed by atoms with Gasteiger partial charge in [-0.25, -0.2) is 0 Å². The Labute approximate surface area is 109 Å². The van der Waals surface area contributed by atoms with Crippen molar-refractivity contribution < 1.29 is 4.79 Å². The minimum absolute atomic E-state index is 0.113. The first-order valence-electron chi connectivity index (χ1n) is 6.84. The summed E-state index contributed by atoms with van der Waals surface area (Å²) in [6.45, 7) is 5.80. The number of carbonyl (C=O) groups excluding carboxylic acids is 1. The minimum atomic E-state index is 0.113. The first-order valence-corrected chi connectivity index (χ1v) is 6.84. The summed E-state index contributed by atoms with van der Waals surface area (Å²) >= 11 is 0. The van der Waals surface area contributed by atoms with Gasteiger partial charge in [-0.1, -0.05) is 19.9 Å². The van der Waals surface area contributed by atoms with Crippen molar-refractivity contribution in [3.8, 4) is 0 Å². The van der Waals surface area contributed by atoms with Crippen LogP contribution in [-0.4, -0.2) is 28.9 Å². The highest BCUT2D eigenvalue weighted by Gasteiger charge is 2.25. The standard InChI is InChI=1S/C15H22N2O/c1-12(2)15(18)17-8-4-6-14(11-17)9-13-5-3-7-16-10-13/h3,5,7,10,12,14H,4,6,8-9,11H2,1-2H3. The second-order valence-corrected chi connectivity index (χ2v) is 5.51. The molecule has 1 amide bonds. The van der Waals surface area contributed by atoms with Crippen LogP contribution in [0.2, 0.25) is 0 Å². The van der Waals surface area contributed by atoms with Crippen molar-refractivity contribution >= 4 is 5.91 Å². The molecule has 18 heavy (non-hydrogen) atoms. The lowest BCUT2D eigenvalue weighted by Gasteiger charge is -2.34. The van der Waals surface area contributed by atoms with Crippen molar-refractivity contribution in [1.29, 1.82) is 0 Å². The van der Waals surface area contributed by atoms with Crippen LogP contribution in [0.1, 0.15) is 32.3 Å². The Kier molecular flexibility index (Phi) is 4.34. The Morgan fingerprint density at radius 3 is 3.06 bits per heavy atom. The fourth-order valence-corrected chi connectivity index (χ4v) is 2.65. The molecule has 1 saturated heterocycles. The van der Waals surface area contributed by atoms with Crippen LogP contribution in [0.5, 0.6) is 0 Å². The van der Waals surface area contributed by atoms with Crippen LogP contribution in [0.15, 0.2) is 24.5 Å². The second kappa shape index (κ2) is 5.98. The molecule has 1 aromatic rings. The molecule has 0 N–H and O–H groups in total. The molecule has 0 saturated carbocycles. The quantitative estimate of drug-likeness (QED) is 0.821. The molecule has 98 valence electrons. The fraction of sp³-hybridized carbons (Fsp3) is 0.600. The molecule has 0 aromatic carbocycles. The van der Waals surface area contributed by atoms with E-state index in [9.17, 15) is 4.79 Å². The molecular weight excluding hydrogens is 224 g/mol. The van der Waals surface area contributed by atoms with Crippen molar-refractivity contribution in [3.05, 3.63) is 30.1 Å². The van der Waals surface area contributed by atoms with E-state index in [2.05, 4.69) is 11.1 Å². The average Bonchev–Trinajstić information content (AvgIpc) is 2.39. The lowest BCUT2D eigenvalue weighted by molar-refractivity contribution is -0.136. The number of pyridine rings is 1. The van der Waals surface area contributed by atoms with Gasteiger partial charge in [0.05, 0.1) is 0 Å². The van der Waals surface area contributed by atoms with E-state index in [1.807, 2.05) is 31.0 Å². The number of rotatable bonds is 3. The van der Waals surface area contributed by atoms with E-state index >= 15 is 0 Å². The Balaban J connectivity index is 1.93. The van der Waals surface area contributed by atoms with E-state index < -0.39 is 0 Å². The highest BCUT2D eigenvalue weighted by Crippen LogP contribution is 2.21. The Hall–Kier alpha value is -1.38. The number of aromatic nitrogens is 1. The van der Waals surface area contributed by atoms with Crippen molar-refractivity contribution in [2.24, 2.45) is 11.8 Å². The van der Waals surface area contributed by atoms with Crippen LogP contribution in [0.3, 0.4) is 0 Å². The molecule has 3 nitrogen and oxygen atoms in total. The summed E-state index contributed by atoms with van der Waals surface area (Å²) < 4.78 is 0. The summed E-state index contributed by atoms with van der Waals surface area (Å²) in [6, 6.07) is 4.10. The van der Waals surface area contributed by atoms with Gasteiger partial charge in [0.15, 0.2) is 0 Å². The zero-order chi connectivity index (χ0) is 13.0. The number of amides is 1. The lowest BCUT2D eigenvalue weighted by Crippen LogP contribution is -2.42. The number of carbonyl (C=O) groups is 1. The highest BCUT2D eigenvalue weighted by molar-refractivity contribution is 5.78. The average molecular weight is 246 g/mol. The van der Waals surface area contributed by atoms with E-state index in [1.54, 1.807) is 6.20 Å². The molecule has 0 bridgehead atoms. The first-order chi connectivity index (χ1) is 8.66. The number of hydrogen-bond donors (Lipinski definition) is 0. The zero-order valence-electron chi connectivity index (χ0n) is 11.3. The Morgan fingerprint density at radius 1 is 1.56 bits per heavy atom. The Morgan fingerprint density at radius 2 is 2.39 bits per heavy atom. The topological polar surface area (TPSA) is 33.2 Å². The smallest absolute Gasteiger partial charge is 0.225 e. The number of likely N-dealkylation sites (tertiary alicyclic amines) is 1. The van der Waals surface area contributed by atoms with Gasteiger partial charge in [-0.2, -0.15) is 0 Å². The van der Waals surface area contributed by atoms with Crippen LogP contribution in [0.4, 0.5) is 0 Å². The second-order valence-electron chi connectivity index (χ2n) is 5.51. The molecule has 1 fully saturated rings. The predicted molar refractivity (Wildman–Crippen MR) is 72.1 cm³/mol. The van der Waals surface area contributed by atoms with Gasteiger partial charge in [0.2, 0.25) is 5.91 Å². The van der Waals surface area contributed by atoms with Crippen LogP contribution in [-0.2, 0) is 11.2 Å². The molecule has 1 aliphatic heterocycles. The lowest BCUT2D eigenvalue weighted by atomic mass is 9.91. The highest BCUT2D eigenvalue weighted by atomic mass is 16.2. The Bertz CT molecular complexity index is 389. The van der Waals surface area contributed by atoms with Crippen LogP contribution >= 0.6 is 0 Å². The molecular formula is C15H22N2O. The molecule has 1 aromatic heterocycles.